The summed E-state index contributed by atoms with van der Waals surface area (Å²) in [5.41, 5.74) is 2.72. The highest BCUT2D eigenvalue weighted by molar-refractivity contribution is 7.92. The number of sulfone groups is 1. The predicted octanol–water partition coefficient (Wildman–Crippen LogP) is 3.48. The average molecular weight is 483 g/mol. The lowest BCUT2D eigenvalue weighted by molar-refractivity contribution is 0.0728. The van der Waals surface area contributed by atoms with Gasteiger partial charge in [0.25, 0.3) is 0 Å². The normalized spacial score (nSPS) is 20.3. The predicted molar refractivity (Wildman–Crippen MR) is 123 cm³/mol. The van der Waals surface area contributed by atoms with Crippen molar-refractivity contribution in [3.63, 3.8) is 0 Å². The van der Waals surface area contributed by atoms with Gasteiger partial charge in [-0.15, -0.1) is 5.10 Å². The molecule has 8 nitrogen and oxygen atoms in total. The SMILES string of the molecule is Cc1ncc(-c2ccc(S(=O)(=O)C3CCOC3)cc2)nc1C1OC(c2ccccc2F)=NN1C. The molecule has 10 heteroatoms. The summed E-state index contributed by atoms with van der Waals surface area (Å²) in [7, 11) is -1.72. The van der Waals surface area contributed by atoms with Crippen LogP contribution in [0.2, 0.25) is 0 Å². The Balaban J connectivity index is 1.41. The number of halogens is 1. The van der Waals surface area contributed by atoms with E-state index >= 15 is 0 Å². The summed E-state index contributed by atoms with van der Waals surface area (Å²) < 4.78 is 51.0. The monoisotopic (exact) mass is 482 g/mol. The maximum Gasteiger partial charge on any atom is 0.243 e. The third-order valence-corrected chi connectivity index (χ3v) is 8.13. The third-order valence-electron chi connectivity index (χ3n) is 5.95. The van der Waals surface area contributed by atoms with E-state index in [1.807, 2.05) is 6.92 Å². The van der Waals surface area contributed by atoms with E-state index in [9.17, 15) is 12.8 Å². The number of ether oxygens (including phenoxy) is 2. The number of hydrogen-bond acceptors (Lipinski definition) is 8. The summed E-state index contributed by atoms with van der Waals surface area (Å²) in [6.45, 7) is 2.50. The standard InChI is InChI=1S/C24H23FN4O4S/c1-15-22(24-29(2)28-23(33-24)19-5-3-4-6-20(19)25)27-21(13-26-15)16-7-9-17(10-8-16)34(30,31)18-11-12-32-14-18/h3-10,13,18,24H,11-12,14H2,1-2H3. The van der Waals surface area contributed by atoms with Gasteiger partial charge in [-0.2, -0.15) is 0 Å². The molecule has 1 aromatic heterocycles. The van der Waals surface area contributed by atoms with Crippen LogP contribution in [0.25, 0.3) is 11.3 Å². The fourth-order valence-electron chi connectivity index (χ4n) is 3.99. The van der Waals surface area contributed by atoms with Gasteiger partial charge in [-0.1, -0.05) is 24.3 Å². The van der Waals surface area contributed by atoms with Gasteiger partial charge >= 0.3 is 0 Å². The van der Waals surface area contributed by atoms with E-state index in [4.69, 9.17) is 14.5 Å². The highest BCUT2D eigenvalue weighted by Crippen LogP contribution is 2.31. The summed E-state index contributed by atoms with van der Waals surface area (Å²) in [6.07, 6.45) is 1.45. The number of aryl methyl sites for hydroxylation is 1. The van der Waals surface area contributed by atoms with E-state index in [1.54, 1.807) is 60.7 Å². The van der Waals surface area contributed by atoms with Crippen LogP contribution < -0.4 is 0 Å². The lowest BCUT2D eigenvalue weighted by Gasteiger charge is -2.19. The summed E-state index contributed by atoms with van der Waals surface area (Å²) >= 11 is 0. The first kappa shape index (κ1) is 22.4. The van der Waals surface area contributed by atoms with Gasteiger partial charge in [0.15, 0.2) is 9.84 Å². The number of nitrogens with zero attached hydrogens (tertiary/aromatic N) is 4. The lowest BCUT2D eigenvalue weighted by atomic mass is 10.1. The van der Waals surface area contributed by atoms with Crippen LogP contribution in [0.3, 0.4) is 0 Å². The first-order valence-electron chi connectivity index (χ1n) is 10.8. The quantitative estimate of drug-likeness (QED) is 0.550. The summed E-state index contributed by atoms with van der Waals surface area (Å²) in [5.74, 6) is -0.256. The number of aromatic nitrogens is 2. The molecular weight excluding hydrogens is 459 g/mol. The number of hydrazone groups is 1. The van der Waals surface area contributed by atoms with Gasteiger partial charge in [0, 0.05) is 19.2 Å². The molecule has 1 fully saturated rings. The van der Waals surface area contributed by atoms with Crippen LogP contribution in [0.15, 0.2) is 64.7 Å². The van der Waals surface area contributed by atoms with Gasteiger partial charge in [-0.25, -0.2) is 17.8 Å². The number of hydrogen-bond donors (Lipinski definition) is 0. The summed E-state index contributed by atoms with van der Waals surface area (Å²) in [4.78, 5) is 9.44. The largest absolute Gasteiger partial charge is 0.444 e. The van der Waals surface area contributed by atoms with Crippen LogP contribution >= 0.6 is 0 Å². The van der Waals surface area contributed by atoms with Crippen molar-refractivity contribution in [2.75, 3.05) is 20.3 Å². The smallest absolute Gasteiger partial charge is 0.243 e. The Morgan fingerprint density at radius 3 is 2.59 bits per heavy atom. The molecule has 176 valence electrons. The van der Waals surface area contributed by atoms with E-state index in [0.29, 0.717) is 35.7 Å². The fraction of sp³-hybridized carbons (Fsp3) is 0.292. The number of rotatable bonds is 5. The molecule has 0 bridgehead atoms. The Bertz CT molecular complexity index is 1360. The molecule has 0 radical (unpaired) electrons. The van der Waals surface area contributed by atoms with Crippen molar-refractivity contribution in [3.05, 3.63) is 77.5 Å². The molecule has 5 rings (SSSR count). The molecule has 0 spiro atoms. The number of benzene rings is 2. The van der Waals surface area contributed by atoms with Crippen molar-refractivity contribution in [1.82, 2.24) is 15.0 Å². The molecular formula is C24H23FN4O4S. The topological polar surface area (TPSA) is 94.0 Å². The minimum atomic E-state index is -3.44. The van der Waals surface area contributed by atoms with Crippen molar-refractivity contribution < 1.29 is 22.3 Å². The fourth-order valence-corrected chi connectivity index (χ4v) is 5.57. The lowest BCUT2D eigenvalue weighted by Crippen LogP contribution is -2.21. The third kappa shape index (κ3) is 4.03. The molecule has 0 N–H and O–H groups in total. The Morgan fingerprint density at radius 2 is 1.88 bits per heavy atom. The minimum Gasteiger partial charge on any atom is -0.444 e. The Labute approximate surface area is 197 Å². The highest BCUT2D eigenvalue weighted by atomic mass is 32.2. The first-order chi connectivity index (χ1) is 16.3. The van der Waals surface area contributed by atoms with Gasteiger partial charge in [0.05, 0.1) is 39.9 Å². The van der Waals surface area contributed by atoms with Crippen molar-refractivity contribution in [2.24, 2.45) is 5.10 Å². The zero-order valence-corrected chi connectivity index (χ0v) is 19.5. The van der Waals surface area contributed by atoms with Crippen LogP contribution in [0.5, 0.6) is 0 Å². The average Bonchev–Trinajstić information content (AvgIpc) is 3.51. The molecule has 0 saturated carbocycles. The van der Waals surface area contributed by atoms with Crippen molar-refractivity contribution in [1.29, 1.82) is 0 Å². The molecule has 2 aromatic carbocycles. The molecule has 0 amide bonds. The van der Waals surface area contributed by atoms with Gasteiger partial charge < -0.3 is 9.47 Å². The second-order valence-electron chi connectivity index (χ2n) is 8.21. The van der Waals surface area contributed by atoms with Crippen LogP contribution in [0.1, 0.15) is 29.6 Å². The van der Waals surface area contributed by atoms with Crippen LogP contribution in [-0.2, 0) is 19.3 Å². The molecule has 34 heavy (non-hydrogen) atoms. The maximum atomic E-state index is 14.2. The molecule has 3 heterocycles. The van der Waals surface area contributed by atoms with Crippen LogP contribution in [0, 0.1) is 12.7 Å². The minimum absolute atomic E-state index is 0.169. The second kappa shape index (κ2) is 8.77. The van der Waals surface area contributed by atoms with Crippen molar-refractivity contribution >= 4 is 15.7 Å². The highest BCUT2D eigenvalue weighted by Gasteiger charge is 2.33. The van der Waals surface area contributed by atoms with E-state index < -0.39 is 27.1 Å². The van der Waals surface area contributed by atoms with E-state index in [1.165, 1.54) is 6.07 Å². The van der Waals surface area contributed by atoms with Gasteiger partial charge in [-0.3, -0.25) is 9.99 Å². The van der Waals surface area contributed by atoms with Gasteiger partial charge in [0.2, 0.25) is 12.1 Å². The van der Waals surface area contributed by atoms with Gasteiger partial charge in [-0.05, 0) is 37.6 Å². The van der Waals surface area contributed by atoms with E-state index in [-0.39, 0.29) is 23.0 Å². The summed E-state index contributed by atoms with van der Waals surface area (Å²) in [6, 6.07) is 12.9. The zero-order valence-electron chi connectivity index (χ0n) is 18.7. The van der Waals surface area contributed by atoms with E-state index in [2.05, 4.69) is 10.1 Å². The zero-order chi connectivity index (χ0) is 23.9. The maximum absolute atomic E-state index is 14.2. The van der Waals surface area contributed by atoms with E-state index in [0.717, 1.165) is 0 Å². The molecule has 2 aliphatic rings. The summed E-state index contributed by atoms with van der Waals surface area (Å²) in [5, 5.41) is 5.40. The van der Waals surface area contributed by atoms with Crippen LogP contribution in [-0.4, -0.2) is 54.8 Å². The Kier molecular flexibility index (Phi) is 5.78. The molecule has 1 saturated heterocycles. The Morgan fingerprint density at radius 1 is 1.12 bits per heavy atom. The second-order valence-corrected chi connectivity index (χ2v) is 10.4. The van der Waals surface area contributed by atoms with Crippen molar-refractivity contribution in [2.45, 2.75) is 29.7 Å². The molecule has 2 aliphatic heterocycles. The Hall–Kier alpha value is -3.37. The van der Waals surface area contributed by atoms with Crippen LogP contribution in [0.4, 0.5) is 4.39 Å². The molecule has 3 aromatic rings. The molecule has 0 aliphatic carbocycles. The molecule has 2 unspecified atom stereocenters. The van der Waals surface area contributed by atoms with Gasteiger partial charge in [0.1, 0.15) is 11.5 Å². The molecule has 2 atom stereocenters. The first-order valence-corrected chi connectivity index (χ1v) is 12.4. The van der Waals surface area contributed by atoms with Crippen molar-refractivity contribution in [3.8, 4) is 11.3 Å².